The fourth-order valence-corrected chi connectivity index (χ4v) is 2.07. The highest BCUT2D eigenvalue weighted by atomic mass is 16.4. The summed E-state index contributed by atoms with van der Waals surface area (Å²) in [5.74, 6) is -1.56. The molecule has 1 rings (SSSR count). The van der Waals surface area contributed by atoms with Crippen molar-refractivity contribution < 1.29 is 19.5 Å². The molecule has 1 aromatic carbocycles. The van der Waals surface area contributed by atoms with Gasteiger partial charge in [0.15, 0.2) is 0 Å². The number of carbonyl (C=O) groups is 3. The molecule has 0 saturated heterocycles. The lowest BCUT2D eigenvalue weighted by atomic mass is 10.0. The molecule has 126 valence electrons. The number of aliphatic carboxylic acids is 1. The minimum atomic E-state index is -1.06. The molecule has 6 nitrogen and oxygen atoms in total. The van der Waals surface area contributed by atoms with Crippen LogP contribution in [0.3, 0.4) is 0 Å². The van der Waals surface area contributed by atoms with Crippen LogP contribution in [0.15, 0.2) is 30.3 Å². The van der Waals surface area contributed by atoms with Gasteiger partial charge in [-0.25, -0.2) is 4.79 Å². The van der Waals surface area contributed by atoms with Gasteiger partial charge < -0.3 is 15.7 Å². The summed E-state index contributed by atoms with van der Waals surface area (Å²) in [6, 6.07) is 8.55. The van der Waals surface area contributed by atoms with Crippen molar-refractivity contribution in [3.63, 3.8) is 0 Å². The smallest absolute Gasteiger partial charge is 0.326 e. The molecular weight excluding hydrogens is 296 g/mol. The molecule has 0 spiro atoms. The molecule has 0 bridgehead atoms. The van der Waals surface area contributed by atoms with E-state index in [4.69, 9.17) is 5.11 Å². The van der Waals surface area contributed by atoms with E-state index in [1.807, 2.05) is 44.2 Å². The fraction of sp³-hybridized carbons (Fsp3) is 0.471. The van der Waals surface area contributed by atoms with Crippen LogP contribution in [0.4, 0.5) is 0 Å². The van der Waals surface area contributed by atoms with Gasteiger partial charge in [-0.05, 0) is 17.9 Å². The second-order valence-corrected chi connectivity index (χ2v) is 5.85. The maximum absolute atomic E-state index is 11.8. The van der Waals surface area contributed by atoms with Crippen molar-refractivity contribution in [2.24, 2.45) is 5.92 Å². The van der Waals surface area contributed by atoms with Crippen molar-refractivity contribution in [3.8, 4) is 0 Å². The molecule has 6 heteroatoms. The lowest BCUT2D eigenvalue weighted by Gasteiger charge is -2.16. The van der Waals surface area contributed by atoms with E-state index >= 15 is 0 Å². The average Bonchev–Trinajstić information content (AvgIpc) is 2.50. The van der Waals surface area contributed by atoms with E-state index in [1.54, 1.807) is 0 Å². The van der Waals surface area contributed by atoms with E-state index in [0.717, 1.165) is 5.56 Å². The summed E-state index contributed by atoms with van der Waals surface area (Å²) < 4.78 is 0. The highest BCUT2D eigenvalue weighted by molar-refractivity contribution is 5.86. The van der Waals surface area contributed by atoms with Crippen LogP contribution >= 0.6 is 0 Å². The normalized spacial score (nSPS) is 11.8. The van der Waals surface area contributed by atoms with Gasteiger partial charge in [0.1, 0.15) is 6.04 Å². The number of benzene rings is 1. The molecule has 1 aromatic rings. The first-order valence-electron chi connectivity index (χ1n) is 7.71. The zero-order valence-corrected chi connectivity index (χ0v) is 13.5. The molecular formula is C17H24N2O4. The Kier molecular flexibility index (Phi) is 7.80. The van der Waals surface area contributed by atoms with Crippen LogP contribution in [0.5, 0.6) is 0 Å². The number of amides is 2. The molecule has 0 aliphatic heterocycles. The number of carboxylic acid groups (broad SMARTS) is 1. The van der Waals surface area contributed by atoms with Crippen LogP contribution in [-0.4, -0.2) is 28.9 Å². The number of nitrogens with one attached hydrogen (secondary N) is 2. The standard InChI is InChI=1S/C17H24N2O4/c1-12(2)10-14(17(22)23)19-16(21)9-8-15(20)18-11-13-6-4-3-5-7-13/h3-7,12,14H,8-11H2,1-2H3,(H,18,20)(H,19,21)(H,22,23). The van der Waals surface area contributed by atoms with E-state index in [-0.39, 0.29) is 24.7 Å². The Morgan fingerprint density at radius 1 is 1.04 bits per heavy atom. The van der Waals surface area contributed by atoms with Gasteiger partial charge in [-0.15, -0.1) is 0 Å². The molecule has 0 aromatic heterocycles. The first-order chi connectivity index (χ1) is 10.9. The second kappa shape index (κ2) is 9.61. The number of carbonyl (C=O) groups excluding carboxylic acids is 2. The van der Waals surface area contributed by atoms with E-state index in [9.17, 15) is 14.4 Å². The summed E-state index contributed by atoms with van der Waals surface area (Å²) in [5, 5.41) is 14.3. The minimum Gasteiger partial charge on any atom is -0.480 e. The summed E-state index contributed by atoms with van der Waals surface area (Å²) in [5.41, 5.74) is 0.980. The molecule has 0 radical (unpaired) electrons. The predicted molar refractivity (Wildman–Crippen MR) is 86.5 cm³/mol. The zero-order chi connectivity index (χ0) is 17.2. The third-order valence-electron chi connectivity index (χ3n) is 3.25. The monoisotopic (exact) mass is 320 g/mol. The van der Waals surface area contributed by atoms with Crippen molar-refractivity contribution in [2.75, 3.05) is 0 Å². The second-order valence-electron chi connectivity index (χ2n) is 5.85. The maximum Gasteiger partial charge on any atom is 0.326 e. The van der Waals surface area contributed by atoms with E-state index in [1.165, 1.54) is 0 Å². The number of carboxylic acids is 1. The lowest BCUT2D eigenvalue weighted by Crippen LogP contribution is -2.42. The van der Waals surface area contributed by atoms with Gasteiger partial charge in [-0.2, -0.15) is 0 Å². The SMILES string of the molecule is CC(C)CC(NC(=O)CCC(=O)NCc1ccccc1)C(=O)O. The number of rotatable bonds is 9. The van der Waals surface area contributed by atoms with Gasteiger partial charge >= 0.3 is 5.97 Å². The largest absolute Gasteiger partial charge is 0.480 e. The summed E-state index contributed by atoms with van der Waals surface area (Å²) >= 11 is 0. The van der Waals surface area contributed by atoms with Crippen molar-refractivity contribution in [2.45, 2.75) is 45.7 Å². The average molecular weight is 320 g/mol. The lowest BCUT2D eigenvalue weighted by molar-refractivity contribution is -0.142. The fourth-order valence-electron chi connectivity index (χ4n) is 2.07. The minimum absolute atomic E-state index is 0.0253. The number of hydrogen-bond acceptors (Lipinski definition) is 3. The van der Waals surface area contributed by atoms with Crippen LogP contribution in [0.25, 0.3) is 0 Å². The molecule has 1 unspecified atom stereocenters. The third-order valence-corrected chi connectivity index (χ3v) is 3.25. The van der Waals surface area contributed by atoms with Gasteiger partial charge in [0.05, 0.1) is 0 Å². The summed E-state index contributed by atoms with van der Waals surface area (Å²) in [4.78, 5) is 34.5. The van der Waals surface area contributed by atoms with Crippen molar-refractivity contribution in [3.05, 3.63) is 35.9 Å². The van der Waals surface area contributed by atoms with Gasteiger partial charge in [-0.1, -0.05) is 44.2 Å². The topological polar surface area (TPSA) is 95.5 Å². The molecule has 0 fully saturated rings. The van der Waals surface area contributed by atoms with Gasteiger partial charge in [0, 0.05) is 19.4 Å². The Balaban J connectivity index is 2.31. The first-order valence-corrected chi connectivity index (χ1v) is 7.71. The van der Waals surface area contributed by atoms with Crippen molar-refractivity contribution in [1.82, 2.24) is 10.6 Å². The molecule has 1 atom stereocenters. The van der Waals surface area contributed by atoms with Gasteiger partial charge in [0.2, 0.25) is 11.8 Å². The highest BCUT2D eigenvalue weighted by Crippen LogP contribution is 2.05. The van der Waals surface area contributed by atoms with Gasteiger partial charge in [0.25, 0.3) is 0 Å². The molecule has 23 heavy (non-hydrogen) atoms. The summed E-state index contributed by atoms with van der Waals surface area (Å²) in [6.07, 6.45) is 0.371. The quantitative estimate of drug-likeness (QED) is 0.645. The maximum atomic E-state index is 11.8. The van der Waals surface area contributed by atoms with Crippen molar-refractivity contribution >= 4 is 17.8 Å². The highest BCUT2D eigenvalue weighted by Gasteiger charge is 2.21. The number of hydrogen-bond donors (Lipinski definition) is 3. The Morgan fingerprint density at radius 2 is 1.65 bits per heavy atom. The van der Waals surface area contributed by atoms with Crippen LogP contribution in [0.2, 0.25) is 0 Å². The van der Waals surface area contributed by atoms with Crippen LogP contribution < -0.4 is 10.6 Å². The first kappa shape index (κ1) is 18.7. The summed E-state index contributed by atoms with van der Waals surface area (Å²) in [6.45, 7) is 4.19. The van der Waals surface area contributed by atoms with Crippen LogP contribution in [0.1, 0.15) is 38.7 Å². The third kappa shape index (κ3) is 7.99. The Bertz CT molecular complexity index is 529. The Labute approximate surface area is 136 Å². The summed E-state index contributed by atoms with van der Waals surface area (Å²) in [7, 11) is 0. The Morgan fingerprint density at radius 3 is 2.22 bits per heavy atom. The molecule has 0 heterocycles. The molecule has 0 aliphatic rings. The Hall–Kier alpha value is -2.37. The van der Waals surface area contributed by atoms with Crippen molar-refractivity contribution in [1.29, 1.82) is 0 Å². The van der Waals surface area contributed by atoms with Crippen LogP contribution in [-0.2, 0) is 20.9 Å². The zero-order valence-electron chi connectivity index (χ0n) is 13.5. The van der Waals surface area contributed by atoms with E-state index < -0.39 is 17.9 Å². The molecule has 0 aliphatic carbocycles. The van der Waals surface area contributed by atoms with Gasteiger partial charge in [-0.3, -0.25) is 9.59 Å². The predicted octanol–water partition coefficient (Wildman–Crippen LogP) is 1.70. The molecule has 0 saturated carbocycles. The molecule has 2 amide bonds. The molecule has 3 N–H and O–H groups in total. The van der Waals surface area contributed by atoms with E-state index in [0.29, 0.717) is 13.0 Å². The van der Waals surface area contributed by atoms with Crippen LogP contribution in [0, 0.1) is 5.92 Å². The van der Waals surface area contributed by atoms with E-state index in [2.05, 4.69) is 10.6 Å².